The van der Waals surface area contributed by atoms with Crippen LogP contribution in [0.5, 0.6) is 0 Å². The van der Waals surface area contributed by atoms with Gasteiger partial charge in [0, 0.05) is 26.2 Å². The summed E-state index contributed by atoms with van der Waals surface area (Å²) < 4.78 is 27.4. The summed E-state index contributed by atoms with van der Waals surface area (Å²) in [6, 6.07) is 13.0. The van der Waals surface area contributed by atoms with E-state index >= 15 is 0 Å². The Morgan fingerprint density at radius 3 is 2.23 bits per heavy atom. The normalized spacial score (nSPS) is 16.0. The molecule has 3 N–H and O–H groups in total. The van der Waals surface area contributed by atoms with Crippen LogP contribution in [-0.2, 0) is 14.8 Å². The minimum Gasteiger partial charge on any atom is -0.352 e. The molecular formula is C22H28N4O4S. The highest BCUT2D eigenvalue weighted by Crippen LogP contribution is 2.22. The van der Waals surface area contributed by atoms with Gasteiger partial charge in [0.2, 0.25) is 15.9 Å². The van der Waals surface area contributed by atoms with Gasteiger partial charge in [-0.1, -0.05) is 36.4 Å². The Labute approximate surface area is 183 Å². The van der Waals surface area contributed by atoms with Crippen LogP contribution >= 0.6 is 0 Å². The third-order valence-electron chi connectivity index (χ3n) is 5.60. The minimum atomic E-state index is -3.61. The van der Waals surface area contributed by atoms with Crippen molar-refractivity contribution in [1.29, 1.82) is 0 Å². The van der Waals surface area contributed by atoms with Gasteiger partial charge in [-0.05, 0) is 42.7 Å². The number of rotatable bonds is 6. The first-order valence-corrected chi connectivity index (χ1v) is 11.6. The molecule has 1 aliphatic heterocycles. The van der Waals surface area contributed by atoms with Crippen molar-refractivity contribution in [3.8, 4) is 0 Å². The molecule has 1 aliphatic rings. The van der Waals surface area contributed by atoms with Gasteiger partial charge in [-0.2, -0.15) is 4.31 Å². The van der Waals surface area contributed by atoms with Crippen molar-refractivity contribution < 1.29 is 18.0 Å². The molecule has 1 saturated heterocycles. The van der Waals surface area contributed by atoms with Crippen LogP contribution in [0.15, 0.2) is 53.4 Å². The second kappa shape index (κ2) is 9.49. The second-order valence-corrected chi connectivity index (χ2v) is 9.64. The van der Waals surface area contributed by atoms with E-state index in [1.54, 1.807) is 23.1 Å². The highest BCUT2D eigenvalue weighted by Gasteiger charge is 2.31. The molecule has 2 aromatic carbocycles. The maximum Gasteiger partial charge on any atom is 0.312 e. The van der Waals surface area contributed by atoms with Crippen molar-refractivity contribution >= 4 is 22.0 Å². The number of hydrogen-bond acceptors (Lipinski definition) is 4. The molecule has 3 rings (SSSR count). The number of carbonyl (C=O) groups is 2. The Balaban J connectivity index is 1.64. The molecule has 1 heterocycles. The fourth-order valence-corrected chi connectivity index (χ4v) is 5.12. The number of hydrogen-bond donors (Lipinski definition) is 2. The van der Waals surface area contributed by atoms with Crippen LogP contribution in [0.3, 0.4) is 0 Å². The number of amides is 3. The summed E-state index contributed by atoms with van der Waals surface area (Å²) >= 11 is 0. The molecular weight excluding hydrogens is 416 g/mol. The average Bonchev–Trinajstić information content (AvgIpc) is 2.75. The standard InChI is InChI=1S/C22H28N4O4S/c1-16-8-9-19(14-17(16)2)31(29,30)26-12-10-25(11-13-26)21(27)15-20(24-22(23)28)18-6-4-3-5-7-18/h3-9,14,20H,10-13,15H2,1-2H3,(H3,23,24,28)/t20-/m1/s1. The number of nitrogens with one attached hydrogen (secondary N) is 1. The number of aryl methyl sites for hydroxylation is 2. The number of nitrogens with zero attached hydrogens (tertiary/aromatic N) is 2. The topological polar surface area (TPSA) is 113 Å². The van der Waals surface area contributed by atoms with Gasteiger partial charge in [-0.25, -0.2) is 13.2 Å². The van der Waals surface area contributed by atoms with Crippen LogP contribution in [0.25, 0.3) is 0 Å². The van der Waals surface area contributed by atoms with Crippen LogP contribution < -0.4 is 11.1 Å². The SMILES string of the molecule is Cc1ccc(S(=O)(=O)N2CCN(C(=O)C[C@@H](NC(N)=O)c3ccccc3)CC2)cc1C. The zero-order valence-electron chi connectivity index (χ0n) is 17.7. The third-order valence-corrected chi connectivity index (χ3v) is 7.50. The fraction of sp³-hybridized carbons (Fsp3) is 0.364. The molecule has 0 unspecified atom stereocenters. The van der Waals surface area contributed by atoms with Gasteiger partial charge in [0.15, 0.2) is 0 Å². The zero-order chi connectivity index (χ0) is 22.6. The smallest absolute Gasteiger partial charge is 0.312 e. The number of benzene rings is 2. The van der Waals surface area contributed by atoms with Crippen molar-refractivity contribution in [1.82, 2.24) is 14.5 Å². The molecule has 3 amide bonds. The van der Waals surface area contributed by atoms with Crippen LogP contribution in [0.1, 0.15) is 29.2 Å². The molecule has 1 atom stereocenters. The van der Waals surface area contributed by atoms with E-state index in [2.05, 4.69) is 5.32 Å². The van der Waals surface area contributed by atoms with E-state index in [9.17, 15) is 18.0 Å². The molecule has 31 heavy (non-hydrogen) atoms. The lowest BCUT2D eigenvalue weighted by molar-refractivity contribution is -0.132. The Hall–Kier alpha value is -2.91. The second-order valence-electron chi connectivity index (χ2n) is 7.71. The van der Waals surface area contributed by atoms with Crippen LogP contribution in [0.2, 0.25) is 0 Å². The first kappa shape index (κ1) is 22.8. The summed E-state index contributed by atoms with van der Waals surface area (Å²) in [5.41, 5.74) is 8.02. The summed E-state index contributed by atoms with van der Waals surface area (Å²) in [4.78, 5) is 26.1. The van der Waals surface area contributed by atoms with E-state index in [4.69, 9.17) is 5.73 Å². The van der Waals surface area contributed by atoms with Gasteiger partial charge in [0.05, 0.1) is 17.4 Å². The van der Waals surface area contributed by atoms with E-state index in [-0.39, 0.29) is 30.3 Å². The molecule has 0 spiro atoms. The van der Waals surface area contributed by atoms with E-state index in [0.29, 0.717) is 13.1 Å². The Bertz CT molecular complexity index is 1050. The van der Waals surface area contributed by atoms with Gasteiger partial charge < -0.3 is 16.0 Å². The first-order chi connectivity index (χ1) is 14.7. The maximum atomic E-state index is 13.0. The maximum absolute atomic E-state index is 13.0. The van der Waals surface area contributed by atoms with Gasteiger partial charge in [0.25, 0.3) is 0 Å². The number of piperazine rings is 1. The number of primary amides is 1. The van der Waals surface area contributed by atoms with E-state index < -0.39 is 22.1 Å². The molecule has 8 nitrogen and oxygen atoms in total. The van der Waals surface area contributed by atoms with E-state index in [0.717, 1.165) is 16.7 Å². The van der Waals surface area contributed by atoms with Crippen molar-refractivity contribution in [2.45, 2.75) is 31.2 Å². The first-order valence-electron chi connectivity index (χ1n) is 10.1. The summed E-state index contributed by atoms with van der Waals surface area (Å²) in [7, 11) is -3.61. The van der Waals surface area contributed by atoms with E-state index in [1.165, 1.54) is 4.31 Å². The molecule has 0 aliphatic carbocycles. The van der Waals surface area contributed by atoms with Crippen molar-refractivity contribution in [2.24, 2.45) is 5.73 Å². The lowest BCUT2D eigenvalue weighted by Gasteiger charge is -2.34. The molecule has 2 aromatic rings. The molecule has 1 fully saturated rings. The zero-order valence-corrected chi connectivity index (χ0v) is 18.6. The summed E-state index contributed by atoms with van der Waals surface area (Å²) in [6.07, 6.45) is 0.0524. The average molecular weight is 445 g/mol. The fourth-order valence-electron chi connectivity index (χ4n) is 3.61. The van der Waals surface area contributed by atoms with Gasteiger partial charge in [-0.15, -0.1) is 0 Å². The highest BCUT2D eigenvalue weighted by molar-refractivity contribution is 7.89. The van der Waals surface area contributed by atoms with Crippen LogP contribution in [0.4, 0.5) is 4.79 Å². The number of sulfonamides is 1. The predicted octanol–water partition coefficient (Wildman–Crippen LogP) is 1.94. The number of carbonyl (C=O) groups excluding carboxylic acids is 2. The van der Waals surface area contributed by atoms with Gasteiger partial charge >= 0.3 is 6.03 Å². The molecule has 9 heteroatoms. The van der Waals surface area contributed by atoms with Crippen molar-refractivity contribution in [3.63, 3.8) is 0 Å². The van der Waals surface area contributed by atoms with Gasteiger partial charge in [-0.3, -0.25) is 4.79 Å². The monoisotopic (exact) mass is 444 g/mol. The van der Waals surface area contributed by atoms with Gasteiger partial charge in [0.1, 0.15) is 0 Å². The Morgan fingerprint density at radius 1 is 1.00 bits per heavy atom. The van der Waals surface area contributed by atoms with E-state index in [1.807, 2.05) is 44.2 Å². The molecule has 0 saturated carbocycles. The Kier molecular flexibility index (Phi) is 6.97. The predicted molar refractivity (Wildman–Crippen MR) is 118 cm³/mol. The highest BCUT2D eigenvalue weighted by atomic mass is 32.2. The molecule has 0 radical (unpaired) electrons. The lowest BCUT2D eigenvalue weighted by Crippen LogP contribution is -2.51. The van der Waals surface area contributed by atoms with Crippen molar-refractivity contribution in [2.75, 3.05) is 26.2 Å². The summed E-state index contributed by atoms with van der Waals surface area (Å²) in [5.74, 6) is -0.161. The van der Waals surface area contributed by atoms with Crippen LogP contribution in [0, 0.1) is 13.8 Å². The molecule has 0 aromatic heterocycles. The minimum absolute atomic E-state index is 0.0524. The summed E-state index contributed by atoms with van der Waals surface area (Å²) in [5, 5.41) is 2.62. The Morgan fingerprint density at radius 2 is 1.65 bits per heavy atom. The number of urea groups is 1. The third kappa shape index (κ3) is 5.42. The quantitative estimate of drug-likeness (QED) is 0.709. The number of nitrogens with two attached hydrogens (primary N) is 1. The lowest BCUT2D eigenvalue weighted by atomic mass is 10.0. The van der Waals surface area contributed by atoms with Crippen molar-refractivity contribution in [3.05, 3.63) is 65.2 Å². The summed E-state index contributed by atoms with van der Waals surface area (Å²) in [6.45, 7) is 4.85. The molecule has 166 valence electrons. The van der Waals surface area contributed by atoms with Crippen LogP contribution in [-0.4, -0.2) is 55.7 Å². The molecule has 0 bridgehead atoms. The largest absolute Gasteiger partial charge is 0.352 e.